The van der Waals surface area contributed by atoms with Gasteiger partial charge < -0.3 is 9.80 Å². The normalized spacial score (nSPS) is 15.4. The van der Waals surface area contributed by atoms with E-state index in [0.717, 1.165) is 18.5 Å². The molecular weight excluding hydrogens is 605 g/mol. The third kappa shape index (κ3) is 7.11. The first kappa shape index (κ1) is 32.7. The molecule has 0 bridgehead atoms. The van der Waals surface area contributed by atoms with Crippen LogP contribution in [0.2, 0.25) is 0 Å². The fourth-order valence-corrected chi connectivity index (χ4v) is 7.07. The topological polar surface area (TPSA) is 6.48 Å². The summed E-state index contributed by atoms with van der Waals surface area (Å²) in [5.41, 5.74) is 12.3. The summed E-state index contributed by atoms with van der Waals surface area (Å²) in [6.45, 7) is 6.74. The van der Waals surface area contributed by atoms with Gasteiger partial charge in [0.15, 0.2) is 0 Å². The molecule has 0 radical (unpaired) electrons. The lowest BCUT2D eigenvalue weighted by atomic mass is 9.94. The summed E-state index contributed by atoms with van der Waals surface area (Å²) in [4.78, 5) is 4.85. The van der Waals surface area contributed by atoms with Crippen LogP contribution in [0, 0.1) is 13.8 Å². The van der Waals surface area contributed by atoms with Crippen molar-refractivity contribution in [1.29, 1.82) is 0 Å². The van der Waals surface area contributed by atoms with Gasteiger partial charge in [-0.2, -0.15) is 0 Å². The third-order valence-electron chi connectivity index (χ3n) is 9.57. The molecule has 1 atom stereocenters. The van der Waals surface area contributed by atoms with Crippen LogP contribution in [0.25, 0.3) is 21.9 Å². The quantitative estimate of drug-likeness (QED) is 0.157. The van der Waals surface area contributed by atoms with Gasteiger partial charge in [0.25, 0.3) is 0 Å². The van der Waals surface area contributed by atoms with Gasteiger partial charge in [-0.1, -0.05) is 134 Å². The van der Waals surface area contributed by atoms with Crippen LogP contribution in [0.1, 0.15) is 30.9 Å². The Morgan fingerprint density at radius 2 is 1.32 bits per heavy atom. The maximum atomic E-state index is 2.43. The number of hydrogen-bond acceptors (Lipinski definition) is 2. The van der Waals surface area contributed by atoms with Gasteiger partial charge in [-0.25, -0.2) is 0 Å². The van der Waals surface area contributed by atoms with Gasteiger partial charge in [-0.3, -0.25) is 0 Å². The Bertz CT molecular complexity index is 2200. The number of anilines is 4. The monoisotopic (exact) mass is 648 g/mol. The average molecular weight is 649 g/mol. The second kappa shape index (κ2) is 15.1. The van der Waals surface area contributed by atoms with E-state index in [-0.39, 0.29) is 6.04 Å². The van der Waals surface area contributed by atoms with Gasteiger partial charge in [0.1, 0.15) is 0 Å². The van der Waals surface area contributed by atoms with E-state index < -0.39 is 0 Å². The number of benzene rings is 5. The highest BCUT2D eigenvalue weighted by molar-refractivity contribution is 5.97. The van der Waals surface area contributed by atoms with Gasteiger partial charge in [-0.05, 0) is 109 Å². The number of rotatable bonds is 9. The highest BCUT2D eigenvalue weighted by Crippen LogP contribution is 2.40. The Morgan fingerprint density at radius 3 is 2.10 bits per heavy atom. The van der Waals surface area contributed by atoms with Crippen molar-refractivity contribution < 1.29 is 0 Å². The molecule has 2 aliphatic rings. The number of hydrogen-bond donors (Lipinski definition) is 0. The van der Waals surface area contributed by atoms with Crippen molar-refractivity contribution in [3.63, 3.8) is 0 Å². The van der Waals surface area contributed by atoms with Crippen molar-refractivity contribution in [3.05, 3.63) is 205 Å². The zero-order valence-electron chi connectivity index (χ0n) is 29.2. The molecule has 5 aromatic rings. The Labute approximate surface area is 297 Å². The van der Waals surface area contributed by atoms with Crippen LogP contribution in [0.3, 0.4) is 0 Å². The summed E-state index contributed by atoms with van der Waals surface area (Å²) in [7, 11) is 0. The molecule has 2 nitrogen and oxygen atoms in total. The van der Waals surface area contributed by atoms with E-state index in [1.54, 1.807) is 0 Å². The van der Waals surface area contributed by atoms with Crippen LogP contribution in [0.4, 0.5) is 22.7 Å². The molecular formula is C48H44N2. The predicted molar refractivity (Wildman–Crippen MR) is 217 cm³/mol. The summed E-state index contributed by atoms with van der Waals surface area (Å²) in [6, 6.07) is 40.0. The zero-order valence-corrected chi connectivity index (χ0v) is 29.2. The minimum atomic E-state index is 0.159. The lowest BCUT2D eigenvalue weighted by molar-refractivity contribution is 0.863. The van der Waals surface area contributed by atoms with Crippen LogP contribution in [-0.4, -0.2) is 6.04 Å². The average Bonchev–Trinajstić information content (AvgIpc) is 3.43. The molecule has 0 fully saturated rings. The summed E-state index contributed by atoms with van der Waals surface area (Å²) in [5.74, 6) is 0. The maximum absolute atomic E-state index is 2.43. The molecule has 0 N–H and O–H groups in total. The molecule has 0 unspecified atom stereocenters. The fraction of sp³-hybridized carbons (Fsp3) is 0.125. The van der Waals surface area contributed by atoms with Crippen molar-refractivity contribution in [2.24, 2.45) is 0 Å². The van der Waals surface area contributed by atoms with Crippen molar-refractivity contribution in [1.82, 2.24) is 0 Å². The van der Waals surface area contributed by atoms with Gasteiger partial charge >= 0.3 is 0 Å². The summed E-state index contributed by atoms with van der Waals surface area (Å²) in [6.07, 6.45) is 28.0. The van der Waals surface area contributed by atoms with Crippen molar-refractivity contribution in [3.8, 4) is 11.1 Å². The molecule has 2 heteroatoms. The van der Waals surface area contributed by atoms with E-state index in [0.29, 0.717) is 0 Å². The van der Waals surface area contributed by atoms with E-state index in [9.17, 15) is 0 Å². The molecule has 0 aromatic heterocycles. The van der Waals surface area contributed by atoms with Crippen LogP contribution in [0.5, 0.6) is 0 Å². The van der Waals surface area contributed by atoms with Crippen LogP contribution >= 0.6 is 0 Å². The molecule has 5 aromatic carbocycles. The minimum Gasteiger partial charge on any atom is -0.335 e. The third-order valence-corrected chi connectivity index (χ3v) is 9.57. The van der Waals surface area contributed by atoms with Crippen LogP contribution < -0.4 is 9.80 Å². The molecule has 0 heterocycles. The zero-order chi connectivity index (χ0) is 34.3. The lowest BCUT2D eigenvalue weighted by Crippen LogP contribution is -2.26. The van der Waals surface area contributed by atoms with Gasteiger partial charge in [0.2, 0.25) is 0 Å². The number of aryl methyl sites for hydroxylation is 2. The van der Waals surface area contributed by atoms with E-state index in [1.807, 2.05) is 0 Å². The molecule has 0 saturated heterocycles. The van der Waals surface area contributed by atoms with E-state index in [1.165, 1.54) is 61.4 Å². The van der Waals surface area contributed by atoms with E-state index in [4.69, 9.17) is 0 Å². The molecule has 0 spiro atoms. The second-order valence-corrected chi connectivity index (χ2v) is 13.1. The SMILES string of the molecule is Cc1cc(N(C2=CC=CC=CC2)c2cccc3ccccc23)ccc1-c1ccc(N(c2ccccc2)[C@H](C)/C=C\C=C2\C=CC=CC2)cc1C. The Morgan fingerprint density at radius 1 is 0.620 bits per heavy atom. The second-order valence-electron chi connectivity index (χ2n) is 13.1. The first-order chi connectivity index (χ1) is 24.6. The fourth-order valence-electron chi connectivity index (χ4n) is 7.07. The summed E-state index contributed by atoms with van der Waals surface area (Å²) < 4.78 is 0. The molecule has 246 valence electrons. The standard InChI is InChI=1S/C48H44N2/c1-36-34-43(49(41-24-12-7-13-25-41)38(3)18-16-21-39-19-8-6-9-20-39)30-32-45(36)46-33-31-44(35-37(46)2)50(42-26-10-4-5-11-27-42)48-29-17-23-40-22-14-15-28-47(40)48/h4-19,21-26,28-35,38H,20,27H2,1-3H3/b18-16-,39-21-/t38-/m1/s1. The molecule has 0 aliphatic heterocycles. The number of allylic oxidation sites excluding steroid dienone is 12. The lowest BCUT2D eigenvalue weighted by Gasteiger charge is -2.31. The van der Waals surface area contributed by atoms with E-state index >= 15 is 0 Å². The van der Waals surface area contributed by atoms with Gasteiger partial charge in [0.05, 0.1) is 5.69 Å². The van der Waals surface area contributed by atoms with Crippen LogP contribution in [-0.2, 0) is 0 Å². The number of fused-ring (bicyclic) bond motifs is 1. The Balaban J connectivity index is 1.23. The number of para-hydroxylation sites is 1. The minimum absolute atomic E-state index is 0.159. The molecule has 0 amide bonds. The molecule has 50 heavy (non-hydrogen) atoms. The van der Waals surface area contributed by atoms with Gasteiger partial charge in [-0.15, -0.1) is 0 Å². The number of nitrogens with zero attached hydrogens (tertiary/aromatic N) is 2. The highest BCUT2D eigenvalue weighted by Gasteiger charge is 2.20. The largest absolute Gasteiger partial charge is 0.335 e. The first-order valence-corrected chi connectivity index (χ1v) is 17.6. The molecule has 2 aliphatic carbocycles. The van der Waals surface area contributed by atoms with Gasteiger partial charge in [0, 0.05) is 40.6 Å². The van der Waals surface area contributed by atoms with Crippen molar-refractivity contribution >= 4 is 33.5 Å². The summed E-state index contributed by atoms with van der Waals surface area (Å²) in [5, 5.41) is 2.48. The molecule has 0 saturated carbocycles. The Hall–Kier alpha value is -5.86. The first-order valence-electron chi connectivity index (χ1n) is 17.6. The van der Waals surface area contributed by atoms with Crippen molar-refractivity contribution in [2.45, 2.75) is 39.7 Å². The van der Waals surface area contributed by atoms with Crippen molar-refractivity contribution in [2.75, 3.05) is 9.80 Å². The molecule has 7 rings (SSSR count). The Kier molecular flexibility index (Phi) is 9.89. The van der Waals surface area contributed by atoms with E-state index in [2.05, 4.69) is 213 Å². The predicted octanol–water partition coefficient (Wildman–Crippen LogP) is 13.2. The summed E-state index contributed by atoms with van der Waals surface area (Å²) >= 11 is 0. The smallest absolute Gasteiger partial charge is 0.0536 e. The highest BCUT2D eigenvalue weighted by atomic mass is 15.2. The maximum Gasteiger partial charge on any atom is 0.0536 e. The van der Waals surface area contributed by atoms with Crippen LogP contribution in [0.15, 0.2) is 193 Å².